The largest absolute Gasteiger partial charge is 0.396 e. The van der Waals surface area contributed by atoms with Crippen LogP contribution in [0.15, 0.2) is 30.3 Å². The smallest absolute Gasteiger partial charge is 0.0488 e. The van der Waals surface area contributed by atoms with Gasteiger partial charge in [-0.15, -0.1) is 0 Å². The van der Waals surface area contributed by atoms with Gasteiger partial charge in [-0.05, 0) is 12.0 Å². The summed E-state index contributed by atoms with van der Waals surface area (Å²) in [5.41, 5.74) is 1.07. The van der Waals surface area contributed by atoms with E-state index >= 15 is 0 Å². The zero-order chi connectivity index (χ0) is 9.52. The monoisotopic (exact) mass is 181 g/mol. The van der Waals surface area contributed by atoms with Crippen molar-refractivity contribution in [1.29, 1.82) is 0 Å². The molecule has 0 heterocycles. The van der Waals surface area contributed by atoms with Crippen molar-refractivity contribution >= 4 is 0 Å². The number of aliphatic hydroxyl groups excluding tert-OH is 1. The zero-order valence-corrected chi connectivity index (χ0v) is 7.56. The van der Waals surface area contributed by atoms with Crippen LogP contribution in [0.25, 0.3) is 0 Å². The lowest BCUT2D eigenvalue weighted by molar-refractivity contribution is -0.102. The molecule has 0 aliphatic heterocycles. The van der Waals surface area contributed by atoms with Crippen LogP contribution >= 0.6 is 0 Å². The number of hydrogen-bond donors (Lipinski definition) is 2. The first kappa shape index (κ1) is 10.2. The summed E-state index contributed by atoms with van der Waals surface area (Å²) in [6.45, 7) is 1.14. The van der Waals surface area contributed by atoms with Gasteiger partial charge in [0.05, 0.1) is 0 Å². The maximum Gasteiger partial charge on any atom is 0.0488 e. The quantitative estimate of drug-likeness (QED) is 0.672. The van der Waals surface area contributed by atoms with Crippen molar-refractivity contribution in [1.82, 2.24) is 5.06 Å². The second-order valence-electron chi connectivity index (χ2n) is 2.95. The normalized spacial score (nSPS) is 10.7. The van der Waals surface area contributed by atoms with Crippen molar-refractivity contribution in [2.45, 2.75) is 13.0 Å². The van der Waals surface area contributed by atoms with E-state index in [1.54, 1.807) is 0 Å². The molecule has 0 fully saturated rings. The van der Waals surface area contributed by atoms with Crippen molar-refractivity contribution in [2.24, 2.45) is 0 Å². The van der Waals surface area contributed by atoms with Gasteiger partial charge in [0, 0.05) is 19.7 Å². The second-order valence-corrected chi connectivity index (χ2v) is 2.95. The van der Waals surface area contributed by atoms with Gasteiger partial charge in [-0.25, -0.2) is 0 Å². The summed E-state index contributed by atoms with van der Waals surface area (Å²) in [5.74, 6) is 0. The Balaban J connectivity index is 2.32. The summed E-state index contributed by atoms with van der Waals surface area (Å²) in [7, 11) is 0. The van der Waals surface area contributed by atoms with Crippen molar-refractivity contribution in [2.75, 3.05) is 13.2 Å². The molecule has 72 valence electrons. The van der Waals surface area contributed by atoms with Crippen LogP contribution in [0.2, 0.25) is 0 Å². The third kappa shape index (κ3) is 4.03. The fourth-order valence-electron chi connectivity index (χ4n) is 1.13. The highest BCUT2D eigenvalue weighted by Crippen LogP contribution is 2.02. The minimum absolute atomic E-state index is 0.117. The van der Waals surface area contributed by atoms with Gasteiger partial charge in [-0.1, -0.05) is 30.3 Å². The number of nitrogens with zero attached hydrogens (tertiary/aromatic N) is 1. The molecule has 0 aliphatic carbocycles. The van der Waals surface area contributed by atoms with Crippen LogP contribution in [0.4, 0.5) is 0 Å². The van der Waals surface area contributed by atoms with Gasteiger partial charge in [0.15, 0.2) is 0 Å². The lowest BCUT2D eigenvalue weighted by atomic mass is 10.2. The minimum atomic E-state index is 0.117. The van der Waals surface area contributed by atoms with Crippen LogP contribution < -0.4 is 0 Å². The Hall–Kier alpha value is -0.900. The van der Waals surface area contributed by atoms with Gasteiger partial charge in [-0.2, -0.15) is 5.06 Å². The number of aliphatic hydroxyl groups is 1. The molecule has 0 unspecified atom stereocenters. The fraction of sp³-hybridized carbons (Fsp3) is 0.400. The van der Waals surface area contributed by atoms with Crippen molar-refractivity contribution in [3.05, 3.63) is 35.9 Å². The average Bonchev–Trinajstić information content (AvgIpc) is 2.16. The molecule has 1 rings (SSSR count). The van der Waals surface area contributed by atoms with Crippen molar-refractivity contribution < 1.29 is 10.3 Å². The van der Waals surface area contributed by atoms with E-state index in [1.807, 2.05) is 30.3 Å². The van der Waals surface area contributed by atoms with Crippen LogP contribution in [0, 0.1) is 0 Å². The molecule has 0 bridgehead atoms. The van der Waals surface area contributed by atoms with E-state index in [4.69, 9.17) is 5.11 Å². The number of hydrogen-bond acceptors (Lipinski definition) is 3. The summed E-state index contributed by atoms with van der Waals surface area (Å²) in [5, 5.41) is 19.1. The fourth-order valence-corrected chi connectivity index (χ4v) is 1.13. The van der Waals surface area contributed by atoms with E-state index in [-0.39, 0.29) is 6.61 Å². The average molecular weight is 181 g/mol. The van der Waals surface area contributed by atoms with Crippen LogP contribution in [0.1, 0.15) is 12.0 Å². The Morgan fingerprint density at radius 2 is 1.85 bits per heavy atom. The Labute approximate surface area is 78.2 Å². The predicted molar refractivity (Wildman–Crippen MR) is 50.3 cm³/mol. The Bertz CT molecular complexity index is 226. The van der Waals surface area contributed by atoms with E-state index in [0.717, 1.165) is 5.56 Å². The molecular weight excluding hydrogens is 166 g/mol. The molecule has 1 aromatic rings. The molecule has 13 heavy (non-hydrogen) atoms. The van der Waals surface area contributed by atoms with Crippen LogP contribution in [0.5, 0.6) is 0 Å². The van der Waals surface area contributed by atoms with E-state index < -0.39 is 0 Å². The molecule has 0 aliphatic rings. The highest BCUT2D eigenvalue weighted by Gasteiger charge is 2.00. The van der Waals surface area contributed by atoms with E-state index in [1.165, 1.54) is 5.06 Å². The maximum atomic E-state index is 9.36. The third-order valence-electron chi connectivity index (χ3n) is 1.78. The molecule has 0 spiro atoms. The van der Waals surface area contributed by atoms with Gasteiger partial charge in [0.1, 0.15) is 0 Å². The lowest BCUT2D eigenvalue weighted by Crippen LogP contribution is -2.20. The minimum Gasteiger partial charge on any atom is -0.396 e. The van der Waals surface area contributed by atoms with E-state index in [9.17, 15) is 5.21 Å². The van der Waals surface area contributed by atoms with Crippen LogP contribution in [-0.2, 0) is 6.54 Å². The standard InChI is InChI=1S/C10H15NO2/c12-8-4-7-11(13)9-10-5-2-1-3-6-10/h1-3,5-6,12-13H,4,7-9H2. The molecule has 0 amide bonds. The SMILES string of the molecule is OCCCN(O)Cc1ccccc1. The summed E-state index contributed by atoms with van der Waals surface area (Å²) in [6, 6.07) is 9.74. The summed E-state index contributed by atoms with van der Waals surface area (Å²) in [4.78, 5) is 0. The Morgan fingerprint density at radius 1 is 1.15 bits per heavy atom. The molecule has 0 radical (unpaired) electrons. The topological polar surface area (TPSA) is 43.7 Å². The molecule has 3 nitrogen and oxygen atoms in total. The Morgan fingerprint density at radius 3 is 2.46 bits per heavy atom. The van der Waals surface area contributed by atoms with E-state index in [2.05, 4.69) is 0 Å². The first-order chi connectivity index (χ1) is 6.33. The van der Waals surface area contributed by atoms with Gasteiger partial charge in [0.25, 0.3) is 0 Å². The highest BCUT2D eigenvalue weighted by atomic mass is 16.5. The van der Waals surface area contributed by atoms with E-state index in [0.29, 0.717) is 19.5 Å². The van der Waals surface area contributed by atoms with Crippen molar-refractivity contribution in [3.8, 4) is 0 Å². The van der Waals surface area contributed by atoms with Gasteiger partial charge < -0.3 is 10.3 Å². The number of hydroxylamine groups is 2. The van der Waals surface area contributed by atoms with Gasteiger partial charge >= 0.3 is 0 Å². The molecule has 0 aromatic heterocycles. The third-order valence-corrected chi connectivity index (χ3v) is 1.78. The highest BCUT2D eigenvalue weighted by molar-refractivity contribution is 5.13. The second kappa shape index (κ2) is 5.70. The molecule has 0 saturated heterocycles. The molecule has 2 N–H and O–H groups in total. The summed E-state index contributed by atoms with van der Waals surface area (Å²) >= 11 is 0. The first-order valence-corrected chi connectivity index (χ1v) is 4.41. The van der Waals surface area contributed by atoms with Gasteiger partial charge in [-0.3, -0.25) is 0 Å². The maximum absolute atomic E-state index is 9.36. The van der Waals surface area contributed by atoms with Crippen molar-refractivity contribution in [3.63, 3.8) is 0 Å². The molecule has 0 saturated carbocycles. The van der Waals surface area contributed by atoms with Crippen LogP contribution in [0.3, 0.4) is 0 Å². The first-order valence-electron chi connectivity index (χ1n) is 4.41. The molecule has 1 aromatic carbocycles. The predicted octanol–water partition coefficient (Wildman–Crippen LogP) is 1.26. The van der Waals surface area contributed by atoms with Crippen LogP contribution in [-0.4, -0.2) is 28.5 Å². The molecule has 3 heteroatoms. The summed E-state index contributed by atoms with van der Waals surface area (Å²) < 4.78 is 0. The van der Waals surface area contributed by atoms with Gasteiger partial charge in [0.2, 0.25) is 0 Å². The summed E-state index contributed by atoms with van der Waals surface area (Å²) in [6.07, 6.45) is 0.601. The lowest BCUT2D eigenvalue weighted by Gasteiger charge is -2.13. The molecular formula is C10H15NO2. The molecule has 0 atom stereocenters. The zero-order valence-electron chi connectivity index (χ0n) is 7.56. The number of rotatable bonds is 5. The number of benzene rings is 1. The Kier molecular flexibility index (Phi) is 4.46.